The molecule has 0 radical (unpaired) electrons. The molecule has 1 aliphatic carbocycles. The number of methoxy groups -OCH3 is 1. The second-order valence-electron chi connectivity index (χ2n) is 8.29. The summed E-state index contributed by atoms with van der Waals surface area (Å²) >= 11 is 2.48. The van der Waals surface area contributed by atoms with Crippen LogP contribution in [0.4, 0.5) is 14.9 Å². The molecule has 34 heavy (non-hydrogen) atoms. The summed E-state index contributed by atoms with van der Waals surface area (Å²) in [6, 6.07) is 19.5. The highest BCUT2D eigenvalue weighted by atomic mass is 32.1. The first kappa shape index (κ1) is 22.6. The third-order valence-corrected chi connectivity index (χ3v) is 7.91. The van der Waals surface area contributed by atoms with Crippen LogP contribution in [0.25, 0.3) is 21.6 Å². The van der Waals surface area contributed by atoms with Crippen LogP contribution in [0.1, 0.15) is 42.2 Å². The van der Waals surface area contributed by atoms with Crippen LogP contribution in [-0.4, -0.2) is 13.2 Å². The van der Waals surface area contributed by atoms with Gasteiger partial charge < -0.3 is 9.47 Å². The molecule has 2 heterocycles. The fourth-order valence-electron chi connectivity index (χ4n) is 3.97. The Labute approximate surface area is 206 Å². The summed E-state index contributed by atoms with van der Waals surface area (Å²) in [4.78, 5) is 14.0. The van der Waals surface area contributed by atoms with Crippen LogP contribution >= 0.6 is 22.7 Å². The molecule has 1 atom stereocenters. The van der Waals surface area contributed by atoms with Crippen LogP contribution in [0, 0.1) is 5.13 Å². The number of carbonyl (C=O) groups is 1. The molecule has 1 unspecified atom stereocenters. The molecule has 174 valence electrons. The quantitative estimate of drug-likeness (QED) is 0.281. The topological polar surface area (TPSA) is 47.6 Å². The van der Waals surface area contributed by atoms with E-state index in [1.165, 1.54) is 35.8 Å². The lowest BCUT2D eigenvalue weighted by molar-refractivity contribution is 0.123. The van der Waals surface area contributed by atoms with E-state index in [1.807, 2.05) is 35.7 Å². The van der Waals surface area contributed by atoms with E-state index in [2.05, 4.69) is 29.6 Å². The maximum Gasteiger partial charge on any atom is 0.412 e. The second kappa shape index (κ2) is 9.60. The fourth-order valence-corrected chi connectivity index (χ4v) is 5.52. The average molecular weight is 494 g/mol. The van der Waals surface area contributed by atoms with Gasteiger partial charge in [-0.2, -0.15) is 4.39 Å². The molecule has 5 rings (SSSR count). The summed E-state index contributed by atoms with van der Waals surface area (Å²) in [5, 5.41) is 4.24. The molecule has 4 nitrogen and oxygen atoms in total. The van der Waals surface area contributed by atoms with E-state index in [-0.39, 0.29) is 0 Å². The summed E-state index contributed by atoms with van der Waals surface area (Å²) in [5.41, 5.74) is 4.53. The average Bonchev–Trinajstić information content (AvgIpc) is 3.41. The Morgan fingerprint density at radius 3 is 2.53 bits per heavy atom. The highest BCUT2D eigenvalue weighted by Gasteiger charge is 2.23. The van der Waals surface area contributed by atoms with E-state index >= 15 is 0 Å². The van der Waals surface area contributed by atoms with E-state index in [9.17, 15) is 9.18 Å². The van der Waals surface area contributed by atoms with Gasteiger partial charge in [0.2, 0.25) is 0 Å². The van der Waals surface area contributed by atoms with E-state index in [0.29, 0.717) is 22.2 Å². The second-order valence-corrected chi connectivity index (χ2v) is 10.3. The van der Waals surface area contributed by atoms with Crippen LogP contribution in [0.3, 0.4) is 0 Å². The molecular weight excluding hydrogens is 469 g/mol. The largest absolute Gasteiger partial charge is 0.496 e. The predicted molar refractivity (Wildman–Crippen MR) is 137 cm³/mol. The van der Waals surface area contributed by atoms with Crippen LogP contribution in [0.5, 0.6) is 5.75 Å². The Kier molecular flexibility index (Phi) is 6.39. The molecule has 7 heteroatoms. The summed E-state index contributed by atoms with van der Waals surface area (Å²) in [7, 11) is 1.62. The van der Waals surface area contributed by atoms with Gasteiger partial charge >= 0.3 is 6.09 Å². The zero-order valence-corrected chi connectivity index (χ0v) is 20.5. The van der Waals surface area contributed by atoms with E-state index in [0.717, 1.165) is 32.9 Å². The third-order valence-electron chi connectivity index (χ3n) is 5.90. The van der Waals surface area contributed by atoms with Crippen molar-refractivity contribution in [2.24, 2.45) is 0 Å². The van der Waals surface area contributed by atoms with Gasteiger partial charge in [-0.05, 0) is 59.9 Å². The van der Waals surface area contributed by atoms with Gasteiger partial charge in [-0.15, -0.1) is 22.7 Å². The maximum absolute atomic E-state index is 14.2. The minimum Gasteiger partial charge on any atom is -0.496 e. The highest BCUT2D eigenvalue weighted by molar-refractivity contribution is 7.14. The molecule has 0 spiro atoms. The smallest absolute Gasteiger partial charge is 0.412 e. The van der Waals surface area contributed by atoms with Crippen LogP contribution in [0.15, 0.2) is 66.0 Å². The number of amides is 1. The molecule has 4 aromatic rings. The van der Waals surface area contributed by atoms with Gasteiger partial charge in [-0.3, -0.25) is 5.32 Å². The van der Waals surface area contributed by atoms with Gasteiger partial charge in [0.15, 0.2) is 5.13 Å². The van der Waals surface area contributed by atoms with Crippen LogP contribution in [0.2, 0.25) is 0 Å². The lowest BCUT2D eigenvalue weighted by Crippen LogP contribution is -2.15. The SMILES string of the molecule is COc1cc(-c2sc(F)cc2NC(=O)OC(C)c2cccs2)ccc1-c1ccc(C2CC2)cc1. The number of ether oxygens (including phenoxy) is 2. The number of hydrogen-bond acceptors (Lipinski definition) is 5. The van der Waals surface area contributed by atoms with E-state index in [4.69, 9.17) is 9.47 Å². The van der Waals surface area contributed by atoms with Crippen molar-refractivity contribution >= 4 is 34.5 Å². The molecule has 2 aromatic carbocycles. The van der Waals surface area contributed by atoms with Gasteiger partial charge in [-0.25, -0.2) is 4.79 Å². The number of anilines is 1. The molecule has 0 bridgehead atoms. The summed E-state index contributed by atoms with van der Waals surface area (Å²) in [6.07, 6.45) is 1.52. The van der Waals surface area contributed by atoms with Crippen molar-refractivity contribution in [1.29, 1.82) is 0 Å². The van der Waals surface area contributed by atoms with Gasteiger partial charge in [0.25, 0.3) is 0 Å². The van der Waals surface area contributed by atoms with Gasteiger partial charge in [-0.1, -0.05) is 42.5 Å². The molecule has 2 aromatic heterocycles. The van der Waals surface area contributed by atoms with Crippen molar-refractivity contribution in [1.82, 2.24) is 0 Å². The monoisotopic (exact) mass is 493 g/mol. The summed E-state index contributed by atoms with van der Waals surface area (Å²) in [5.74, 6) is 1.39. The molecule has 1 aliphatic rings. The summed E-state index contributed by atoms with van der Waals surface area (Å²) < 4.78 is 25.4. The zero-order chi connectivity index (χ0) is 23.7. The number of hydrogen-bond donors (Lipinski definition) is 1. The van der Waals surface area contributed by atoms with Crippen molar-refractivity contribution in [2.75, 3.05) is 12.4 Å². The van der Waals surface area contributed by atoms with Gasteiger partial charge in [0.05, 0.1) is 17.7 Å². The Morgan fingerprint density at radius 1 is 1.09 bits per heavy atom. The number of thiophene rings is 2. The van der Waals surface area contributed by atoms with E-state index < -0.39 is 17.3 Å². The minimum absolute atomic E-state index is 0.370. The van der Waals surface area contributed by atoms with Crippen molar-refractivity contribution in [3.05, 3.63) is 81.6 Å². The summed E-state index contributed by atoms with van der Waals surface area (Å²) in [6.45, 7) is 1.81. The molecular formula is C27H24FNO3S2. The number of carbonyl (C=O) groups excluding carboxylic acids is 1. The van der Waals surface area contributed by atoms with Crippen molar-refractivity contribution < 1.29 is 18.7 Å². The van der Waals surface area contributed by atoms with Gasteiger partial charge in [0.1, 0.15) is 11.9 Å². The Morgan fingerprint density at radius 2 is 1.85 bits per heavy atom. The Bertz CT molecular complexity index is 1290. The fraction of sp³-hybridized carbons (Fsp3) is 0.222. The number of rotatable bonds is 7. The number of nitrogens with one attached hydrogen (secondary N) is 1. The predicted octanol–water partition coefficient (Wildman–Crippen LogP) is 8.48. The minimum atomic E-state index is -0.626. The van der Waals surface area contributed by atoms with E-state index in [1.54, 1.807) is 14.0 Å². The van der Waals surface area contributed by atoms with Crippen molar-refractivity contribution in [3.8, 4) is 27.3 Å². The number of halogens is 1. The maximum atomic E-state index is 14.2. The lowest BCUT2D eigenvalue weighted by Gasteiger charge is -2.14. The van der Waals surface area contributed by atoms with Crippen molar-refractivity contribution in [3.63, 3.8) is 0 Å². The first-order chi connectivity index (χ1) is 16.5. The third kappa shape index (κ3) is 4.86. The first-order valence-corrected chi connectivity index (χ1v) is 12.8. The van der Waals surface area contributed by atoms with Crippen LogP contribution in [-0.2, 0) is 4.74 Å². The molecule has 1 saturated carbocycles. The molecule has 1 fully saturated rings. The Balaban J connectivity index is 1.37. The standard InChI is InChI=1S/C27H24FNO3S2/c1-16(24-4-3-13-33-24)32-27(30)29-22-15-25(28)34-26(22)20-11-12-21(23(14-20)31-2)19-9-7-18(8-10-19)17-5-6-17/h3-4,7-17H,5-6H2,1-2H3,(H,29,30). The molecule has 1 amide bonds. The normalized spacial score (nSPS) is 14.0. The molecule has 0 saturated heterocycles. The first-order valence-electron chi connectivity index (χ1n) is 11.1. The Hall–Kier alpha value is -3.16. The van der Waals surface area contributed by atoms with Gasteiger partial charge in [0, 0.05) is 16.5 Å². The zero-order valence-electron chi connectivity index (χ0n) is 18.8. The lowest BCUT2D eigenvalue weighted by atomic mass is 9.99. The molecule has 1 N–H and O–H groups in total. The molecule has 0 aliphatic heterocycles. The number of benzene rings is 2. The van der Waals surface area contributed by atoms with Crippen molar-refractivity contribution in [2.45, 2.75) is 31.8 Å². The van der Waals surface area contributed by atoms with Crippen LogP contribution < -0.4 is 10.1 Å². The highest BCUT2D eigenvalue weighted by Crippen LogP contribution is 2.43.